The molecule has 0 aromatic heterocycles. The van der Waals surface area contributed by atoms with Gasteiger partial charge in [0.15, 0.2) is 0 Å². The van der Waals surface area contributed by atoms with E-state index < -0.39 is 17.7 Å². The molecular weight excluding hydrogens is 268 g/mol. The van der Waals surface area contributed by atoms with E-state index in [-0.39, 0.29) is 5.57 Å². The number of carbonyl (C=O) groups is 2. The van der Waals surface area contributed by atoms with E-state index in [1.54, 1.807) is 13.8 Å². The Kier molecular flexibility index (Phi) is 1.57. The lowest BCUT2D eigenvalue weighted by Gasteiger charge is -2.46. The zero-order valence-corrected chi connectivity index (χ0v) is 12.2. The first-order valence-corrected chi connectivity index (χ1v) is 8.19. The van der Waals surface area contributed by atoms with Crippen molar-refractivity contribution >= 4 is 11.9 Å². The molecule has 8 atom stereocenters. The molecule has 0 aromatic carbocycles. The van der Waals surface area contributed by atoms with Crippen LogP contribution in [-0.2, 0) is 19.1 Å². The van der Waals surface area contributed by atoms with Gasteiger partial charge >= 0.3 is 11.9 Å². The molecule has 21 heavy (non-hydrogen) atoms. The summed E-state index contributed by atoms with van der Waals surface area (Å²) >= 11 is 0. The van der Waals surface area contributed by atoms with E-state index in [1.807, 2.05) is 0 Å². The summed E-state index contributed by atoms with van der Waals surface area (Å²) in [6.45, 7) is 3.23. The Hall–Kier alpha value is -1.32. The summed E-state index contributed by atoms with van der Waals surface area (Å²) in [5.41, 5.74) is 1.42. The predicted octanol–water partition coefficient (Wildman–Crippen LogP) is 1.90. The van der Waals surface area contributed by atoms with Gasteiger partial charge in [-0.3, -0.25) is 0 Å². The van der Waals surface area contributed by atoms with E-state index in [2.05, 4.69) is 0 Å². The minimum absolute atomic E-state index is 0.271. The van der Waals surface area contributed by atoms with E-state index >= 15 is 0 Å². The Labute approximate surface area is 122 Å². The Balaban J connectivity index is 1.53. The second kappa shape index (κ2) is 2.92. The highest BCUT2D eigenvalue weighted by molar-refractivity contribution is 6.16. The van der Waals surface area contributed by atoms with E-state index in [0.29, 0.717) is 11.8 Å². The molecule has 6 fully saturated rings. The van der Waals surface area contributed by atoms with Crippen LogP contribution in [0.1, 0.15) is 26.7 Å². The zero-order chi connectivity index (χ0) is 14.3. The average Bonchev–Trinajstić information content (AvgIpc) is 2.85. The highest BCUT2D eigenvalue weighted by Crippen LogP contribution is 2.84. The van der Waals surface area contributed by atoms with Crippen LogP contribution in [0.2, 0.25) is 0 Å². The monoisotopic (exact) mass is 286 g/mol. The molecule has 110 valence electrons. The number of hydrogen-bond donors (Lipinski definition) is 0. The van der Waals surface area contributed by atoms with Gasteiger partial charge in [0.05, 0.1) is 0 Å². The molecule has 2 bridgehead atoms. The van der Waals surface area contributed by atoms with Gasteiger partial charge in [0.2, 0.25) is 0 Å². The maximum absolute atomic E-state index is 12.4. The van der Waals surface area contributed by atoms with Crippen LogP contribution in [0.4, 0.5) is 0 Å². The molecule has 1 saturated heterocycles. The first kappa shape index (κ1) is 11.3. The van der Waals surface area contributed by atoms with Gasteiger partial charge in [-0.1, -0.05) is 0 Å². The average molecular weight is 286 g/mol. The molecule has 0 radical (unpaired) electrons. The molecule has 1 aliphatic heterocycles. The van der Waals surface area contributed by atoms with Crippen molar-refractivity contribution in [3.63, 3.8) is 0 Å². The number of allylic oxidation sites excluding steroid dienone is 1. The minimum atomic E-state index is -1.13. The van der Waals surface area contributed by atoms with Gasteiger partial charge in [-0.25, -0.2) is 9.59 Å². The lowest BCUT2D eigenvalue weighted by Crippen LogP contribution is -2.45. The van der Waals surface area contributed by atoms with Crippen LogP contribution in [0.5, 0.6) is 0 Å². The van der Waals surface area contributed by atoms with Crippen molar-refractivity contribution in [3.05, 3.63) is 11.1 Å². The fourth-order valence-electron chi connectivity index (χ4n) is 7.40. The molecule has 6 aliphatic rings. The maximum atomic E-state index is 12.4. The second-order valence-electron chi connectivity index (χ2n) is 8.34. The van der Waals surface area contributed by atoms with Crippen LogP contribution in [0.25, 0.3) is 0 Å². The second-order valence-corrected chi connectivity index (χ2v) is 8.34. The van der Waals surface area contributed by atoms with Crippen molar-refractivity contribution in [2.75, 3.05) is 0 Å². The summed E-state index contributed by atoms with van der Waals surface area (Å²) in [6.07, 6.45) is 2.67. The molecule has 0 amide bonds. The molecule has 0 spiro atoms. The predicted molar refractivity (Wildman–Crippen MR) is 70.4 cm³/mol. The zero-order valence-electron chi connectivity index (χ0n) is 12.2. The van der Waals surface area contributed by atoms with Gasteiger partial charge < -0.3 is 9.47 Å². The smallest absolute Gasteiger partial charge is 0.348 e. The van der Waals surface area contributed by atoms with Gasteiger partial charge in [-0.2, -0.15) is 0 Å². The standard InChI is InChI=1S/C17H18O4/c1-17(2)20-15(18)14(16(19)21-17)13-10-6-4-7-9-5(6)3-8(10)11(9)12(7)13/h5-12H,3-4H2,1-2H3/t5-,6+,7-,8+,9+,10-,11+,12-/m0/s1. The van der Waals surface area contributed by atoms with Crippen LogP contribution in [0.15, 0.2) is 11.1 Å². The summed E-state index contributed by atoms with van der Waals surface area (Å²) in [5.74, 6) is 3.74. The number of carbonyl (C=O) groups excluding carboxylic acids is 2. The Morgan fingerprint density at radius 2 is 1.48 bits per heavy atom. The van der Waals surface area contributed by atoms with Crippen molar-refractivity contribution < 1.29 is 19.1 Å². The number of esters is 2. The summed E-state index contributed by atoms with van der Waals surface area (Å²) < 4.78 is 10.7. The summed E-state index contributed by atoms with van der Waals surface area (Å²) in [6, 6.07) is 0. The van der Waals surface area contributed by atoms with Gasteiger partial charge in [-0.05, 0) is 65.8 Å². The highest BCUT2D eigenvalue weighted by Gasteiger charge is 2.79. The highest BCUT2D eigenvalue weighted by atomic mass is 16.7. The van der Waals surface area contributed by atoms with Crippen LogP contribution in [-0.4, -0.2) is 17.7 Å². The van der Waals surface area contributed by atoms with Gasteiger partial charge in [0.1, 0.15) is 5.57 Å². The number of ether oxygens (including phenoxy) is 2. The maximum Gasteiger partial charge on any atom is 0.348 e. The van der Waals surface area contributed by atoms with Gasteiger partial charge in [-0.15, -0.1) is 0 Å². The molecule has 4 heteroatoms. The van der Waals surface area contributed by atoms with E-state index in [4.69, 9.17) is 9.47 Å². The molecule has 5 saturated carbocycles. The summed E-state index contributed by atoms with van der Waals surface area (Å²) in [4.78, 5) is 24.8. The molecule has 0 N–H and O–H groups in total. The Morgan fingerprint density at radius 3 is 2.19 bits per heavy atom. The largest absolute Gasteiger partial charge is 0.419 e. The fourth-order valence-corrected chi connectivity index (χ4v) is 7.40. The fraction of sp³-hybridized carbons (Fsp3) is 0.765. The Morgan fingerprint density at radius 1 is 0.857 bits per heavy atom. The van der Waals surface area contributed by atoms with Crippen LogP contribution >= 0.6 is 0 Å². The molecule has 0 unspecified atom stereocenters. The van der Waals surface area contributed by atoms with Crippen LogP contribution in [0.3, 0.4) is 0 Å². The van der Waals surface area contributed by atoms with Crippen molar-refractivity contribution in [1.29, 1.82) is 0 Å². The van der Waals surface area contributed by atoms with Crippen LogP contribution < -0.4 is 0 Å². The number of rotatable bonds is 0. The molecule has 0 aromatic rings. The molecule has 5 aliphatic carbocycles. The first-order chi connectivity index (χ1) is 9.98. The normalized spacial score (nSPS) is 56.9. The van der Waals surface area contributed by atoms with E-state index in [9.17, 15) is 9.59 Å². The van der Waals surface area contributed by atoms with Gasteiger partial charge in [0.25, 0.3) is 5.79 Å². The minimum Gasteiger partial charge on any atom is -0.419 e. The van der Waals surface area contributed by atoms with E-state index in [0.717, 1.165) is 41.1 Å². The third kappa shape index (κ3) is 0.984. The summed E-state index contributed by atoms with van der Waals surface area (Å²) in [5, 5.41) is 0. The number of hydrogen-bond acceptors (Lipinski definition) is 4. The SMILES string of the molecule is CC1(C)OC(=O)C(=C2[C@H]3[C@@H]4C[C@@H]5[C@H]2[C@@H]2[C@@H]3C[C@@H]4[C@H]52)C(=O)O1. The molecule has 1 heterocycles. The van der Waals surface area contributed by atoms with Crippen molar-refractivity contribution in [2.45, 2.75) is 32.5 Å². The molecule has 6 rings (SSSR count). The number of fused-ring (bicyclic) bond motifs is 2. The lowest BCUT2D eigenvalue weighted by molar-refractivity contribution is -0.222. The molecular formula is C17H18O4. The third-order valence-electron chi connectivity index (χ3n) is 7.46. The van der Waals surface area contributed by atoms with Crippen molar-refractivity contribution in [3.8, 4) is 0 Å². The third-order valence-corrected chi connectivity index (χ3v) is 7.46. The summed E-state index contributed by atoms with van der Waals surface area (Å²) in [7, 11) is 0. The van der Waals surface area contributed by atoms with Gasteiger partial charge in [0, 0.05) is 13.8 Å². The topological polar surface area (TPSA) is 52.6 Å². The number of cyclic esters (lactones) is 2. The van der Waals surface area contributed by atoms with E-state index in [1.165, 1.54) is 12.8 Å². The van der Waals surface area contributed by atoms with Crippen molar-refractivity contribution in [2.24, 2.45) is 47.3 Å². The lowest BCUT2D eigenvalue weighted by atomic mass is 9.58. The Bertz CT molecular complexity index is 632. The quantitative estimate of drug-likeness (QED) is 0.388. The first-order valence-electron chi connectivity index (χ1n) is 8.19. The molecule has 4 nitrogen and oxygen atoms in total. The van der Waals surface area contributed by atoms with Crippen LogP contribution in [0, 0.1) is 47.3 Å². The van der Waals surface area contributed by atoms with Crippen molar-refractivity contribution in [1.82, 2.24) is 0 Å².